The molecule has 2 aromatic rings. The van der Waals surface area contributed by atoms with E-state index in [9.17, 15) is 14.9 Å². The second kappa shape index (κ2) is 6.02. The molecule has 0 aliphatic carbocycles. The van der Waals surface area contributed by atoms with Crippen LogP contribution in [0.1, 0.15) is 15.9 Å². The Hall–Kier alpha value is -2.92. The maximum atomic E-state index is 11.1. The van der Waals surface area contributed by atoms with Gasteiger partial charge in [0.15, 0.2) is 0 Å². The number of carboxylic acids is 1. The summed E-state index contributed by atoms with van der Waals surface area (Å²) in [6.07, 6.45) is 1.17. The Bertz CT molecular complexity index is 753. The third-order valence-electron chi connectivity index (χ3n) is 2.50. The van der Waals surface area contributed by atoms with Gasteiger partial charge >= 0.3 is 11.7 Å². The van der Waals surface area contributed by atoms with Crippen LogP contribution in [-0.4, -0.2) is 21.0 Å². The molecule has 104 valence electrons. The highest BCUT2D eigenvalue weighted by Crippen LogP contribution is 2.35. The van der Waals surface area contributed by atoms with Gasteiger partial charge in [0, 0.05) is 6.20 Å². The molecule has 1 aromatic heterocycles. The van der Waals surface area contributed by atoms with Gasteiger partial charge in [0.1, 0.15) is 16.7 Å². The van der Waals surface area contributed by atoms with Crippen LogP contribution in [0.15, 0.2) is 46.5 Å². The average Bonchev–Trinajstić information content (AvgIpc) is 2.47. The van der Waals surface area contributed by atoms with Gasteiger partial charge in [0.05, 0.1) is 15.4 Å². The second-order valence-corrected chi connectivity index (χ2v) is 4.88. The Morgan fingerprint density at radius 3 is 2.67 bits per heavy atom. The van der Waals surface area contributed by atoms with Crippen LogP contribution in [0.4, 0.5) is 5.69 Å². The zero-order chi connectivity index (χ0) is 15.4. The molecule has 0 saturated heterocycles. The van der Waals surface area contributed by atoms with E-state index in [0.717, 1.165) is 11.8 Å². The summed E-state index contributed by atoms with van der Waals surface area (Å²) < 4.78 is 0. The van der Waals surface area contributed by atoms with Gasteiger partial charge in [-0.2, -0.15) is 5.26 Å². The van der Waals surface area contributed by atoms with Crippen molar-refractivity contribution >= 4 is 23.4 Å². The number of aromatic nitrogens is 1. The third-order valence-corrected chi connectivity index (χ3v) is 3.50. The topological polar surface area (TPSA) is 117 Å². The van der Waals surface area contributed by atoms with Gasteiger partial charge < -0.3 is 5.11 Å². The molecule has 0 fully saturated rings. The van der Waals surface area contributed by atoms with Gasteiger partial charge in [-0.05, 0) is 24.3 Å². The molecule has 7 nitrogen and oxygen atoms in total. The molecular formula is C13H7N3O4S. The first-order chi connectivity index (χ1) is 10.0. The highest BCUT2D eigenvalue weighted by atomic mass is 32.2. The van der Waals surface area contributed by atoms with E-state index in [4.69, 9.17) is 10.4 Å². The summed E-state index contributed by atoms with van der Waals surface area (Å²) in [5.41, 5.74) is -0.291. The van der Waals surface area contributed by atoms with Gasteiger partial charge in [0.25, 0.3) is 0 Å². The predicted octanol–water partition coefficient (Wildman–Crippen LogP) is 2.71. The number of rotatable bonds is 4. The average molecular weight is 301 g/mol. The lowest BCUT2D eigenvalue weighted by Crippen LogP contribution is -1.97. The number of carbonyl (C=O) groups is 1. The molecule has 21 heavy (non-hydrogen) atoms. The largest absolute Gasteiger partial charge is 0.478 e. The first kappa shape index (κ1) is 14.5. The zero-order valence-electron chi connectivity index (χ0n) is 10.4. The Balaban J connectivity index is 2.38. The second-order valence-electron chi connectivity index (χ2n) is 3.81. The third kappa shape index (κ3) is 3.16. The summed E-state index contributed by atoms with van der Waals surface area (Å²) in [5.74, 6) is -1.10. The lowest BCUT2D eigenvalue weighted by Gasteiger charge is -2.03. The Kier molecular flexibility index (Phi) is 4.15. The molecule has 2 rings (SSSR count). The molecule has 0 aliphatic rings. The number of aromatic carboxylic acids is 1. The van der Waals surface area contributed by atoms with E-state index >= 15 is 0 Å². The highest BCUT2D eigenvalue weighted by molar-refractivity contribution is 7.99. The molecule has 0 bridgehead atoms. The van der Waals surface area contributed by atoms with E-state index in [0.29, 0.717) is 5.03 Å². The van der Waals surface area contributed by atoms with Crippen LogP contribution >= 0.6 is 11.8 Å². The molecular weight excluding hydrogens is 294 g/mol. The predicted molar refractivity (Wildman–Crippen MR) is 73.1 cm³/mol. The van der Waals surface area contributed by atoms with Crippen LogP contribution in [-0.2, 0) is 0 Å². The van der Waals surface area contributed by atoms with Gasteiger partial charge in [-0.3, -0.25) is 10.1 Å². The van der Waals surface area contributed by atoms with E-state index in [1.165, 1.54) is 30.5 Å². The molecule has 0 atom stereocenters. The summed E-state index contributed by atoms with van der Waals surface area (Å²) in [4.78, 5) is 25.4. The molecule has 1 heterocycles. The number of hydrogen-bond donors (Lipinski definition) is 1. The number of para-hydroxylation sites is 1. The van der Waals surface area contributed by atoms with Crippen molar-refractivity contribution < 1.29 is 14.8 Å². The number of nitro groups is 1. The van der Waals surface area contributed by atoms with Crippen LogP contribution in [0, 0.1) is 21.4 Å². The maximum Gasteiger partial charge on any atom is 0.337 e. The van der Waals surface area contributed by atoms with Crippen molar-refractivity contribution in [2.45, 2.75) is 9.92 Å². The van der Waals surface area contributed by atoms with Gasteiger partial charge in [-0.15, -0.1) is 0 Å². The fourth-order valence-corrected chi connectivity index (χ4v) is 2.46. The number of pyridine rings is 1. The number of benzene rings is 1. The normalized spacial score (nSPS) is 9.86. The van der Waals surface area contributed by atoms with Crippen LogP contribution in [0.3, 0.4) is 0 Å². The standard InChI is InChI=1S/C13H7N3O4S/c14-6-8-2-1-3-10(12(8)16(19)20)21-11-5-4-9(7-15-11)13(17)18/h1-5,7H,(H,17,18). The summed E-state index contributed by atoms with van der Waals surface area (Å²) in [5, 5.41) is 29.2. The molecule has 0 spiro atoms. The van der Waals surface area contributed by atoms with Crippen LogP contribution in [0.5, 0.6) is 0 Å². The molecule has 0 saturated carbocycles. The first-order valence-corrected chi connectivity index (χ1v) is 6.39. The molecule has 0 radical (unpaired) electrons. The van der Waals surface area contributed by atoms with Crippen LogP contribution < -0.4 is 0 Å². The minimum atomic E-state index is -1.10. The lowest BCUT2D eigenvalue weighted by atomic mass is 10.2. The summed E-state index contributed by atoms with van der Waals surface area (Å²) in [6.45, 7) is 0. The smallest absolute Gasteiger partial charge is 0.337 e. The van der Waals surface area contributed by atoms with Crippen molar-refractivity contribution in [3.63, 3.8) is 0 Å². The van der Waals surface area contributed by atoms with Crippen LogP contribution in [0.2, 0.25) is 0 Å². The number of hydrogen-bond acceptors (Lipinski definition) is 6. The van der Waals surface area contributed by atoms with Gasteiger partial charge in [0.2, 0.25) is 0 Å². The maximum absolute atomic E-state index is 11.1. The fraction of sp³-hybridized carbons (Fsp3) is 0. The Morgan fingerprint density at radius 1 is 1.38 bits per heavy atom. The van der Waals surface area contributed by atoms with E-state index in [-0.39, 0.29) is 21.7 Å². The van der Waals surface area contributed by atoms with Gasteiger partial charge in [-0.1, -0.05) is 17.8 Å². The quantitative estimate of drug-likeness (QED) is 0.681. The number of nitro benzene ring substituents is 1. The van der Waals surface area contributed by atoms with Crippen molar-refractivity contribution in [1.82, 2.24) is 4.98 Å². The SMILES string of the molecule is N#Cc1cccc(Sc2ccc(C(=O)O)cn2)c1[N+](=O)[O-]. The van der Waals surface area contributed by atoms with Crippen LogP contribution in [0.25, 0.3) is 0 Å². The summed E-state index contributed by atoms with van der Waals surface area (Å²) in [7, 11) is 0. The minimum Gasteiger partial charge on any atom is -0.478 e. The summed E-state index contributed by atoms with van der Waals surface area (Å²) >= 11 is 0.996. The molecule has 1 aromatic carbocycles. The first-order valence-electron chi connectivity index (χ1n) is 5.57. The van der Waals surface area contributed by atoms with Gasteiger partial charge in [-0.25, -0.2) is 9.78 Å². The number of nitriles is 1. The molecule has 0 amide bonds. The summed E-state index contributed by atoms with van der Waals surface area (Å²) in [6, 6.07) is 9.00. The highest BCUT2D eigenvalue weighted by Gasteiger charge is 2.20. The molecule has 0 unspecified atom stereocenters. The van der Waals surface area contributed by atoms with E-state index in [1.807, 2.05) is 0 Å². The zero-order valence-corrected chi connectivity index (χ0v) is 11.2. The van der Waals surface area contributed by atoms with E-state index in [2.05, 4.69) is 4.98 Å². The molecule has 1 N–H and O–H groups in total. The van der Waals surface area contributed by atoms with Crippen molar-refractivity contribution in [3.05, 3.63) is 57.8 Å². The lowest BCUT2D eigenvalue weighted by molar-refractivity contribution is -0.388. The monoisotopic (exact) mass is 301 g/mol. The van der Waals surface area contributed by atoms with Crippen molar-refractivity contribution in [2.75, 3.05) is 0 Å². The van der Waals surface area contributed by atoms with E-state index < -0.39 is 10.9 Å². The fourth-order valence-electron chi connectivity index (χ4n) is 1.56. The van der Waals surface area contributed by atoms with E-state index in [1.54, 1.807) is 12.1 Å². The molecule has 8 heteroatoms. The Labute approximate surface area is 123 Å². The number of nitrogens with zero attached hydrogens (tertiary/aromatic N) is 3. The minimum absolute atomic E-state index is 0.0274. The van der Waals surface area contributed by atoms with Crippen molar-refractivity contribution in [1.29, 1.82) is 5.26 Å². The van der Waals surface area contributed by atoms with Crippen molar-refractivity contribution in [2.24, 2.45) is 0 Å². The Morgan fingerprint density at radius 2 is 2.14 bits per heavy atom. The molecule has 0 aliphatic heterocycles. The number of carboxylic acid groups (broad SMARTS) is 1. The van der Waals surface area contributed by atoms with Crippen molar-refractivity contribution in [3.8, 4) is 6.07 Å².